The van der Waals surface area contributed by atoms with E-state index in [1.54, 1.807) is 11.3 Å². The SMILES string of the molecule is CCSCc1nc(C2(CN)CCC2)cs1. The maximum Gasteiger partial charge on any atom is 0.103 e. The summed E-state index contributed by atoms with van der Waals surface area (Å²) in [7, 11) is 0. The molecule has 0 radical (unpaired) electrons. The standard InChI is InChI=1S/C11H18N2S2/c1-2-14-7-10-13-9(6-15-10)11(8-12)4-3-5-11/h6H,2-5,7-8,12H2,1H3. The largest absolute Gasteiger partial charge is 0.330 e. The van der Waals surface area contributed by atoms with Crippen molar-refractivity contribution in [1.82, 2.24) is 4.98 Å². The van der Waals surface area contributed by atoms with Crippen LogP contribution < -0.4 is 5.73 Å². The number of rotatable bonds is 5. The highest BCUT2D eigenvalue weighted by atomic mass is 32.2. The molecule has 1 saturated carbocycles. The van der Waals surface area contributed by atoms with Crippen LogP contribution >= 0.6 is 23.1 Å². The molecule has 1 heterocycles. The van der Waals surface area contributed by atoms with Crippen molar-refractivity contribution in [3.63, 3.8) is 0 Å². The van der Waals surface area contributed by atoms with E-state index in [-0.39, 0.29) is 5.41 Å². The van der Waals surface area contributed by atoms with E-state index in [0.29, 0.717) is 0 Å². The maximum atomic E-state index is 5.87. The van der Waals surface area contributed by atoms with Gasteiger partial charge in [0.1, 0.15) is 5.01 Å². The van der Waals surface area contributed by atoms with Gasteiger partial charge in [0.05, 0.1) is 5.69 Å². The fourth-order valence-electron chi connectivity index (χ4n) is 1.98. The molecule has 15 heavy (non-hydrogen) atoms. The van der Waals surface area contributed by atoms with Gasteiger partial charge in [0, 0.05) is 23.1 Å². The van der Waals surface area contributed by atoms with E-state index in [1.165, 1.54) is 30.0 Å². The third-order valence-electron chi connectivity index (χ3n) is 3.23. The summed E-state index contributed by atoms with van der Waals surface area (Å²) in [5, 5.41) is 3.48. The Morgan fingerprint density at radius 2 is 2.40 bits per heavy atom. The van der Waals surface area contributed by atoms with Gasteiger partial charge in [-0.3, -0.25) is 0 Å². The molecule has 1 fully saturated rings. The Morgan fingerprint density at radius 3 is 2.93 bits per heavy atom. The minimum absolute atomic E-state index is 0.242. The van der Waals surface area contributed by atoms with Crippen LogP contribution in [0.15, 0.2) is 5.38 Å². The van der Waals surface area contributed by atoms with E-state index in [4.69, 9.17) is 10.7 Å². The highest BCUT2D eigenvalue weighted by molar-refractivity contribution is 7.98. The molecular formula is C11H18N2S2. The first kappa shape index (κ1) is 11.4. The average molecular weight is 242 g/mol. The molecule has 0 aliphatic heterocycles. The van der Waals surface area contributed by atoms with E-state index >= 15 is 0 Å². The monoisotopic (exact) mass is 242 g/mol. The summed E-state index contributed by atoms with van der Waals surface area (Å²) >= 11 is 3.73. The van der Waals surface area contributed by atoms with Crippen molar-refractivity contribution in [1.29, 1.82) is 0 Å². The number of thioether (sulfide) groups is 1. The zero-order valence-electron chi connectivity index (χ0n) is 9.16. The van der Waals surface area contributed by atoms with Gasteiger partial charge in [0.2, 0.25) is 0 Å². The van der Waals surface area contributed by atoms with Crippen LogP contribution in [0.2, 0.25) is 0 Å². The summed E-state index contributed by atoms with van der Waals surface area (Å²) in [4.78, 5) is 4.73. The van der Waals surface area contributed by atoms with Crippen molar-refractivity contribution in [3.8, 4) is 0 Å². The van der Waals surface area contributed by atoms with Gasteiger partial charge in [-0.05, 0) is 18.6 Å². The molecule has 1 aliphatic rings. The summed E-state index contributed by atoms with van der Waals surface area (Å²) in [6.07, 6.45) is 3.77. The van der Waals surface area contributed by atoms with Crippen LogP contribution in [-0.2, 0) is 11.2 Å². The van der Waals surface area contributed by atoms with Crippen molar-refractivity contribution < 1.29 is 0 Å². The van der Waals surface area contributed by atoms with Crippen LogP contribution in [0.3, 0.4) is 0 Å². The third-order valence-corrected chi connectivity index (χ3v) is 5.14. The first-order valence-electron chi connectivity index (χ1n) is 5.53. The first-order valence-corrected chi connectivity index (χ1v) is 7.57. The number of nitrogens with zero attached hydrogens (tertiary/aromatic N) is 1. The zero-order valence-corrected chi connectivity index (χ0v) is 10.8. The fraction of sp³-hybridized carbons (Fsp3) is 0.727. The van der Waals surface area contributed by atoms with Gasteiger partial charge < -0.3 is 5.73 Å². The molecule has 4 heteroatoms. The van der Waals surface area contributed by atoms with E-state index in [2.05, 4.69) is 12.3 Å². The van der Waals surface area contributed by atoms with Crippen LogP contribution in [0.25, 0.3) is 0 Å². The summed E-state index contributed by atoms with van der Waals surface area (Å²) in [6, 6.07) is 0. The highest BCUT2D eigenvalue weighted by Crippen LogP contribution is 2.43. The lowest BCUT2D eigenvalue weighted by Gasteiger charge is -2.39. The highest BCUT2D eigenvalue weighted by Gasteiger charge is 2.39. The van der Waals surface area contributed by atoms with Crippen LogP contribution in [0.1, 0.15) is 36.9 Å². The molecule has 1 aliphatic carbocycles. The van der Waals surface area contributed by atoms with Crippen molar-refractivity contribution >= 4 is 23.1 Å². The van der Waals surface area contributed by atoms with Gasteiger partial charge >= 0.3 is 0 Å². The van der Waals surface area contributed by atoms with Crippen LogP contribution in [0.5, 0.6) is 0 Å². The van der Waals surface area contributed by atoms with Crippen molar-refractivity contribution in [2.24, 2.45) is 5.73 Å². The first-order chi connectivity index (χ1) is 7.30. The summed E-state index contributed by atoms with van der Waals surface area (Å²) in [6.45, 7) is 2.95. The Hall–Kier alpha value is -0.0600. The molecule has 2 nitrogen and oxygen atoms in total. The molecule has 0 saturated heterocycles. The van der Waals surface area contributed by atoms with E-state index < -0.39 is 0 Å². The topological polar surface area (TPSA) is 38.9 Å². The van der Waals surface area contributed by atoms with Gasteiger partial charge in [0.25, 0.3) is 0 Å². The molecule has 0 atom stereocenters. The van der Waals surface area contributed by atoms with Gasteiger partial charge in [-0.25, -0.2) is 4.98 Å². The Morgan fingerprint density at radius 1 is 1.60 bits per heavy atom. The summed E-state index contributed by atoms with van der Waals surface area (Å²) in [5.41, 5.74) is 7.37. The second kappa shape index (κ2) is 4.85. The molecule has 2 rings (SSSR count). The molecule has 0 bridgehead atoms. The number of aromatic nitrogens is 1. The molecule has 1 aromatic heterocycles. The lowest BCUT2D eigenvalue weighted by Crippen LogP contribution is -2.41. The van der Waals surface area contributed by atoms with Gasteiger partial charge in [-0.1, -0.05) is 13.3 Å². The molecule has 0 amide bonds. The van der Waals surface area contributed by atoms with Crippen molar-refractivity contribution in [2.45, 2.75) is 37.4 Å². The molecule has 0 aromatic carbocycles. The lowest BCUT2D eigenvalue weighted by molar-refractivity contribution is 0.247. The van der Waals surface area contributed by atoms with Gasteiger partial charge in [0.15, 0.2) is 0 Å². The molecule has 0 unspecified atom stereocenters. The van der Waals surface area contributed by atoms with Crippen LogP contribution in [0, 0.1) is 0 Å². The number of hydrogen-bond acceptors (Lipinski definition) is 4. The predicted molar refractivity (Wildman–Crippen MR) is 68.5 cm³/mol. The fourth-order valence-corrected chi connectivity index (χ4v) is 3.65. The van der Waals surface area contributed by atoms with E-state index in [9.17, 15) is 0 Å². The average Bonchev–Trinajstić information content (AvgIpc) is 2.63. The van der Waals surface area contributed by atoms with E-state index in [0.717, 1.165) is 18.1 Å². The van der Waals surface area contributed by atoms with Gasteiger partial charge in [-0.15, -0.1) is 11.3 Å². The quantitative estimate of drug-likeness (QED) is 0.863. The number of thiazole rings is 1. The van der Waals surface area contributed by atoms with Crippen molar-refractivity contribution in [2.75, 3.05) is 12.3 Å². The Balaban J connectivity index is 2.05. The summed E-state index contributed by atoms with van der Waals surface area (Å²) < 4.78 is 0. The smallest absolute Gasteiger partial charge is 0.103 e. The second-order valence-corrected chi connectivity index (χ2v) is 6.32. The third kappa shape index (κ3) is 2.22. The minimum atomic E-state index is 0.242. The lowest BCUT2D eigenvalue weighted by atomic mass is 9.67. The summed E-state index contributed by atoms with van der Waals surface area (Å²) in [5.74, 6) is 2.22. The van der Waals surface area contributed by atoms with Gasteiger partial charge in [-0.2, -0.15) is 11.8 Å². The van der Waals surface area contributed by atoms with Crippen LogP contribution in [-0.4, -0.2) is 17.3 Å². The molecular weight excluding hydrogens is 224 g/mol. The Kier molecular flexibility index (Phi) is 3.69. The zero-order chi connectivity index (χ0) is 10.7. The molecule has 84 valence electrons. The Bertz CT molecular complexity index is 313. The normalized spacial score (nSPS) is 18.8. The number of nitrogens with two attached hydrogens (primary N) is 1. The van der Waals surface area contributed by atoms with Crippen molar-refractivity contribution in [3.05, 3.63) is 16.1 Å². The second-order valence-electron chi connectivity index (χ2n) is 4.10. The number of hydrogen-bond donors (Lipinski definition) is 1. The minimum Gasteiger partial charge on any atom is -0.330 e. The molecule has 1 aromatic rings. The van der Waals surface area contributed by atoms with E-state index in [1.807, 2.05) is 11.8 Å². The maximum absolute atomic E-state index is 5.87. The Labute approximate surface area is 99.7 Å². The molecule has 0 spiro atoms. The van der Waals surface area contributed by atoms with Crippen LogP contribution in [0.4, 0.5) is 0 Å². The predicted octanol–water partition coefficient (Wildman–Crippen LogP) is 2.78. The molecule has 2 N–H and O–H groups in total.